The summed E-state index contributed by atoms with van der Waals surface area (Å²) in [6.07, 6.45) is 6.28. The van der Waals surface area contributed by atoms with Gasteiger partial charge in [0, 0.05) is 11.6 Å². The van der Waals surface area contributed by atoms with Crippen LogP contribution in [-0.4, -0.2) is 41.6 Å². The molecule has 1 aliphatic carbocycles. The second-order valence-corrected chi connectivity index (χ2v) is 9.94. The monoisotopic (exact) mass is 384 g/mol. The number of nitrogens with zero attached hydrogens (tertiary/aromatic N) is 1. The van der Waals surface area contributed by atoms with E-state index in [1.165, 1.54) is 19.3 Å². The van der Waals surface area contributed by atoms with Crippen molar-refractivity contribution in [2.45, 2.75) is 63.6 Å². The Morgan fingerprint density at radius 2 is 2.00 bits per heavy atom. The fourth-order valence-electron chi connectivity index (χ4n) is 5.00. The van der Waals surface area contributed by atoms with Crippen molar-refractivity contribution in [1.29, 1.82) is 0 Å². The molecule has 2 bridgehead atoms. The topological polar surface area (TPSA) is 41.6 Å². The standard InChI is InChI=1S/C22H28N2O2S/c1-22(2)20(14-9-11-24(22)12-10-14)23-21(25)18-13-15-5-3-8-17(19(15)27-18)26-16-6-4-7-16/h3,5,8,13-14,16,20H,4,6-7,9-12H2,1-2H3,(H,23,25). The van der Waals surface area contributed by atoms with Gasteiger partial charge in [-0.25, -0.2) is 0 Å². The van der Waals surface area contributed by atoms with Crippen LogP contribution in [0.1, 0.15) is 55.6 Å². The Morgan fingerprint density at radius 1 is 1.22 bits per heavy atom. The van der Waals surface area contributed by atoms with Gasteiger partial charge >= 0.3 is 0 Å². The van der Waals surface area contributed by atoms with Gasteiger partial charge in [-0.1, -0.05) is 12.1 Å². The lowest BCUT2D eigenvalue weighted by Crippen LogP contribution is -2.69. The smallest absolute Gasteiger partial charge is 0.261 e. The molecule has 144 valence electrons. The van der Waals surface area contributed by atoms with Gasteiger partial charge in [-0.15, -0.1) is 11.3 Å². The minimum atomic E-state index is 0.0337. The van der Waals surface area contributed by atoms with E-state index in [0.29, 0.717) is 12.0 Å². The lowest BCUT2D eigenvalue weighted by Gasteiger charge is -2.56. The number of piperidine rings is 3. The van der Waals surface area contributed by atoms with Gasteiger partial charge in [0.15, 0.2) is 0 Å². The minimum absolute atomic E-state index is 0.0337. The van der Waals surface area contributed by atoms with Gasteiger partial charge in [0.25, 0.3) is 5.91 Å². The Labute approximate surface area is 164 Å². The fourth-order valence-corrected chi connectivity index (χ4v) is 6.02. The first-order valence-corrected chi connectivity index (χ1v) is 11.1. The van der Waals surface area contributed by atoms with Crippen LogP contribution in [0.2, 0.25) is 0 Å². The first kappa shape index (κ1) is 17.5. The molecule has 6 rings (SSSR count). The molecule has 4 heterocycles. The third kappa shape index (κ3) is 2.95. The lowest BCUT2D eigenvalue weighted by molar-refractivity contribution is -0.0377. The SMILES string of the molecule is CC1(C)C(NC(=O)c2cc3cccc(OC4CCC4)c3s2)C2CCN1CC2. The van der Waals surface area contributed by atoms with Gasteiger partial charge < -0.3 is 10.1 Å². The maximum Gasteiger partial charge on any atom is 0.261 e. The van der Waals surface area contributed by atoms with Gasteiger partial charge in [-0.05, 0) is 82.5 Å². The molecule has 3 saturated heterocycles. The number of ether oxygens (including phenoxy) is 1. The minimum Gasteiger partial charge on any atom is -0.489 e. The quantitative estimate of drug-likeness (QED) is 0.848. The summed E-state index contributed by atoms with van der Waals surface area (Å²) in [4.78, 5) is 16.4. The lowest BCUT2D eigenvalue weighted by atomic mass is 9.72. The van der Waals surface area contributed by atoms with E-state index in [2.05, 4.69) is 30.1 Å². The molecule has 1 aromatic heterocycles. The van der Waals surface area contributed by atoms with Crippen molar-refractivity contribution in [1.82, 2.24) is 10.2 Å². The van der Waals surface area contributed by atoms with E-state index < -0.39 is 0 Å². The molecule has 27 heavy (non-hydrogen) atoms. The molecule has 0 spiro atoms. The molecule has 4 aliphatic rings. The number of nitrogens with one attached hydrogen (secondary N) is 1. The van der Waals surface area contributed by atoms with Gasteiger partial charge in [0.1, 0.15) is 5.75 Å². The Morgan fingerprint density at radius 3 is 2.67 bits per heavy atom. The summed E-state index contributed by atoms with van der Waals surface area (Å²) in [5.41, 5.74) is 0.0337. The highest BCUT2D eigenvalue weighted by atomic mass is 32.1. The predicted octanol–water partition coefficient (Wildman–Crippen LogP) is 4.44. The Hall–Kier alpha value is -1.59. The number of benzene rings is 1. The van der Waals surface area contributed by atoms with Crippen LogP contribution in [0.15, 0.2) is 24.3 Å². The average Bonchev–Trinajstić information content (AvgIpc) is 3.06. The number of thiophene rings is 1. The third-order valence-corrected chi connectivity index (χ3v) is 8.12. The third-order valence-electron chi connectivity index (χ3n) is 6.95. The average molecular weight is 385 g/mol. The number of fused-ring (bicyclic) bond motifs is 4. The highest BCUT2D eigenvalue weighted by molar-refractivity contribution is 7.21. The summed E-state index contributed by atoms with van der Waals surface area (Å²) in [7, 11) is 0. The number of rotatable bonds is 4. The molecule has 5 heteroatoms. The second-order valence-electron chi connectivity index (χ2n) is 8.89. The summed E-state index contributed by atoms with van der Waals surface area (Å²) >= 11 is 1.57. The molecule has 3 aliphatic heterocycles. The Balaban J connectivity index is 1.38. The summed E-state index contributed by atoms with van der Waals surface area (Å²) in [5, 5.41) is 4.50. The summed E-state index contributed by atoms with van der Waals surface area (Å²) in [6.45, 7) is 6.88. The number of carbonyl (C=O) groups is 1. The van der Waals surface area contributed by atoms with Crippen LogP contribution < -0.4 is 10.1 Å². The molecule has 1 unspecified atom stereocenters. The van der Waals surface area contributed by atoms with Crippen molar-refractivity contribution in [3.05, 3.63) is 29.1 Å². The van der Waals surface area contributed by atoms with E-state index in [0.717, 1.165) is 46.6 Å². The maximum atomic E-state index is 13.1. The zero-order valence-corrected chi connectivity index (χ0v) is 17.0. The molecule has 4 fully saturated rings. The van der Waals surface area contributed by atoms with E-state index in [-0.39, 0.29) is 17.5 Å². The predicted molar refractivity (Wildman–Crippen MR) is 110 cm³/mol. The number of amides is 1. The first-order valence-electron chi connectivity index (χ1n) is 10.3. The Bertz CT molecular complexity index is 862. The van der Waals surface area contributed by atoms with Crippen LogP contribution >= 0.6 is 11.3 Å². The second kappa shape index (κ2) is 6.49. The molecule has 1 aromatic carbocycles. The van der Waals surface area contributed by atoms with Crippen LogP contribution in [0.3, 0.4) is 0 Å². The van der Waals surface area contributed by atoms with Crippen molar-refractivity contribution >= 4 is 27.3 Å². The summed E-state index contributed by atoms with van der Waals surface area (Å²) < 4.78 is 7.25. The van der Waals surface area contributed by atoms with Crippen LogP contribution in [0, 0.1) is 5.92 Å². The first-order chi connectivity index (χ1) is 13.0. The van der Waals surface area contributed by atoms with Crippen molar-refractivity contribution in [2.75, 3.05) is 13.1 Å². The van der Waals surface area contributed by atoms with Crippen LogP contribution in [0.5, 0.6) is 5.75 Å². The van der Waals surface area contributed by atoms with Gasteiger partial charge in [-0.3, -0.25) is 9.69 Å². The van der Waals surface area contributed by atoms with Crippen LogP contribution in [0.4, 0.5) is 0 Å². The molecule has 1 N–H and O–H groups in total. The van der Waals surface area contributed by atoms with Gasteiger partial charge in [-0.2, -0.15) is 0 Å². The van der Waals surface area contributed by atoms with E-state index in [4.69, 9.17) is 4.74 Å². The maximum absolute atomic E-state index is 13.1. The highest BCUT2D eigenvalue weighted by Gasteiger charge is 2.48. The summed E-state index contributed by atoms with van der Waals surface area (Å²) in [5.74, 6) is 1.60. The van der Waals surface area contributed by atoms with Crippen LogP contribution in [-0.2, 0) is 0 Å². The normalized spacial score (nSPS) is 29.5. The summed E-state index contributed by atoms with van der Waals surface area (Å²) in [6, 6.07) is 8.39. The zero-order valence-electron chi connectivity index (χ0n) is 16.2. The largest absolute Gasteiger partial charge is 0.489 e. The number of hydrogen-bond donors (Lipinski definition) is 1. The van der Waals surface area contributed by atoms with E-state index in [9.17, 15) is 4.79 Å². The number of hydrogen-bond acceptors (Lipinski definition) is 4. The van der Waals surface area contributed by atoms with E-state index in [1.54, 1.807) is 11.3 Å². The van der Waals surface area contributed by atoms with Crippen molar-refractivity contribution in [3.8, 4) is 5.75 Å². The Kier molecular flexibility index (Phi) is 4.21. The highest BCUT2D eigenvalue weighted by Crippen LogP contribution is 2.40. The van der Waals surface area contributed by atoms with E-state index >= 15 is 0 Å². The molecule has 4 nitrogen and oxygen atoms in total. The van der Waals surface area contributed by atoms with E-state index in [1.807, 2.05) is 18.2 Å². The fraction of sp³-hybridized carbons (Fsp3) is 0.591. The molecular formula is C22H28N2O2S. The molecule has 1 amide bonds. The van der Waals surface area contributed by atoms with Crippen molar-refractivity contribution in [2.24, 2.45) is 5.92 Å². The van der Waals surface area contributed by atoms with Gasteiger partial charge in [0.2, 0.25) is 0 Å². The molecule has 1 saturated carbocycles. The van der Waals surface area contributed by atoms with Crippen molar-refractivity contribution in [3.63, 3.8) is 0 Å². The molecular weight excluding hydrogens is 356 g/mol. The number of carbonyl (C=O) groups excluding carboxylic acids is 1. The van der Waals surface area contributed by atoms with Crippen molar-refractivity contribution < 1.29 is 9.53 Å². The molecule has 1 atom stereocenters. The molecule has 0 radical (unpaired) electrons. The zero-order chi connectivity index (χ0) is 18.6. The van der Waals surface area contributed by atoms with Crippen LogP contribution in [0.25, 0.3) is 10.1 Å². The molecule has 2 aromatic rings. The van der Waals surface area contributed by atoms with Gasteiger partial charge in [0.05, 0.1) is 15.7 Å².